The van der Waals surface area contributed by atoms with Gasteiger partial charge in [0.15, 0.2) is 10.9 Å². The predicted molar refractivity (Wildman–Crippen MR) is 128 cm³/mol. The average molecular weight is 454 g/mol. The maximum absolute atomic E-state index is 12.9. The van der Waals surface area contributed by atoms with Gasteiger partial charge in [-0.15, -0.1) is 11.3 Å². The van der Waals surface area contributed by atoms with Crippen LogP contribution in [0.4, 0.5) is 0 Å². The van der Waals surface area contributed by atoms with E-state index < -0.39 is 0 Å². The summed E-state index contributed by atoms with van der Waals surface area (Å²) in [7, 11) is 0. The van der Waals surface area contributed by atoms with E-state index in [1.165, 1.54) is 34.7 Å². The van der Waals surface area contributed by atoms with Gasteiger partial charge in [0.1, 0.15) is 4.83 Å². The van der Waals surface area contributed by atoms with E-state index in [4.69, 9.17) is 4.74 Å². The first kappa shape index (κ1) is 21.4. The first-order valence-electron chi connectivity index (χ1n) is 10.0. The number of aryl methyl sites for hydroxylation is 2. The molecule has 8 heteroatoms. The lowest BCUT2D eigenvalue weighted by atomic mass is 9.99. The van der Waals surface area contributed by atoms with Gasteiger partial charge in [-0.25, -0.2) is 4.98 Å². The van der Waals surface area contributed by atoms with Crippen molar-refractivity contribution in [2.24, 2.45) is 0 Å². The summed E-state index contributed by atoms with van der Waals surface area (Å²) in [5.41, 5.74) is 4.71. The molecule has 0 saturated heterocycles. The predicted octanol–water partition coefficient (Wildman–Crippen LogP) is 5.04. The Morgan fingerprint density at radius 3 is 2.74 bits per heavy atom. The Bertz CT molecular complexity index is 1350. The van der Waals surface area contributed by atoms with Gasteiger partial charge in [-0.3, -0.25) is 9.59 Å². The Labute approximate surface area is 187 Å². The Balaban J connectivity index is 1.57. The Morgan fingerprint density at radius 1 is 1.16 bits per heavy atom. The first-order chi connectivity index (χ1) is 15.0. The third kappa shape index (κ3) is 4.60. The van der Waals surface area contributed by atoms with E-state index in [1.54, 1.807) is 6.20 Å². The van der Waals surface area contributed by atoms with E-state index in [2.05, 4.69) is 47.0 Å². The van der Waals surface area contributed by atoms with Crippen LogP contribution in [0.25, 0.3) is 21.3 Å². The lowest BCUT2D eigenvalue weighted by molar-refractivity contribution is 0.313. The molecule has 1 aromatic carbocycles. The number of benzene rings is 1. The molecule has 4 aromatic rings. The highest BCUT2D eigenvalue weighted by atomic mass is 32.2. The summed E-state index contributed by atoms with van der Waals surface area (Å²) in [6, 6.07) is 7.75. The molecular weight excluding hydrogens is 430 g/mol. The smallest absolute Gasteiger partial charge is 0.260 e. The molecule has 0 aliphatic heterocycles. The van der Waals surface area contributed by atoms with E-state index in [0.717, 1.165) is 28.8 Å². The number of aromatic nitrogens is 3. The molecule has 3 heterocycles. The summed E-state index contributed by atoms with van der Waals surface area (Å²) < 4.78 is 5.41. The van der Waals surface area contributed by atoms with E-state index in [9.17, 15) is 9.59 Å². The summed E-state index contributed by atoms with van der Waals surface area (Å²) in [6.07, 6.45) is 2.43. The molecule has 6 nitrogen and oxygen atoms in total. The molecule has 0 aliphatic rings. The number of thiophene rings is 1. The summed E-state index contributed by atoms with van der Waals surface area (Å²) >= 11 is 2.84. The zero-order valence-corrected chi connectivity index (χ0v) is 19.2. The van der Waals surface area contributed by atoms with E-state index in [-0.39, 0.29) is 11.0 Å². The van der Waals surface area contributed by atoms with Gasteiger partial charge in [-0.2, -0.15) is 0 Å². The normalized spacial score (nSPS) is 11.2. The first-order valence-corrected chi connectivity index (χ1v) is 11.9. The van der Waals surface area contributed by atoms with Crippen molar-refractivity contribution in [3.8, 4) is 16.9 Å². The number of pyridine rings is 1. The molecular formula is C23H23N3O3S2. The second-order valence-electron chi connectivity index (χ2n) is 7.34. The quantitative estimate of drug-likeness (QED) is 0.302. The molecule has 3 aromatic heterocycles. The third-order valence-electron chi connectivity index (χ3n) is 4.86. The van der Waals surface area contributed by atoms with Gasteiger partial charge in [0.25, 0.3) is 5.56 Å². The van der Waals surface area contributed by atoms with E-state index >= 15 is 0 Å². The molecule has 160 valence electrons. The van der Waals surface area contributed by atoms with Crippen LogP contribution in [0.2, 0.25) is 0 Å². The number of aromatic amines is 2. The van der Waals surface area contributed by atoms with Crippen molar-refractivity contribution in [3.05, 3.63) is 73.2 Å². The SMILES string of the molecule is CCCOc1c[nH]c(CSc2nc3scc(-c4ccc(C)cc4C)c3c(=O)[nH]2)cc1=O. The Kier molecular flexibility index (Phi) is 6.29. The van der Waals surface area contributed by atoms with Crippen molar-refractivity contribution in [3.63, 3.8) is 0 Å². The Morgan fingerprint density at radius 2 is 2.00 bits per heavy atom. The van der Waals surface area contributed by atoms with Crippen LogP contribution in [0.1, 0.15) is 30.2 Å². The van der Waals surface area contributed by atoms with Crippen molar-refractivity contribution >= 4 is 33.3 Å². The van der Waals surface area contributed by atoms with Crippen LogP contribution < -0.4 is 15.7 Å². The standard InChI is InChI=1S/C23H23N3O3S2/c1-4-7-29-19-10-24-15(9-18(19)27)11-31-23-25-21(28)20-17(12-30-22(20)26-23)16-6-5-13(2)8-14(16)3/h5-6,8-10,12H,4,7,11H2,1-3H3,(H,24,27)(H,25,26,28). The van der Waals surface area contributed by atoms with Gasteiger partial charge in [-0.1, -0.05) is 42.4 Å². The number of hydrogen-bond donors (Lipinski definition) is 2. The topological polar surface area (TPSA) is 87.8 Å². The number of thioether (sulfide) groups is 1. The number of fused-ring (bicyclic) bond motifs is 1. The minimum absolute atomic E-state index is 0.152. The number of nitrogens with one attached hydrogen (secondary N) is 2. The van der Waals surface area contributed by atoms with Gasteiger partial charge >= 0.3 is 0 Å². The van der Waals surface area contributed by atoms with Gasteiger partial charge in [0.2, 0.25) is 5.43 Å². The number of ether oxygens (including phenoxy) is 1. The molecule has 0 saturated carbocycles. The van der Waals surface area contributed by atoms with Crippen LogP contribution in [0, 0.1) is 13.8 Å². The fraction of sp³-hybridized carbons (Fsp3) is 0.261. The van der Waals surface area contributed by atoms with Crippen molar-refractivity contribution in [2.45, 2.75) is 38.1 Å². The number of H-pyrrole nitrogens is 2. The van der Waals surface area contributed by atoms with Crippen LogP contribution in [0.15, 0.2) is 50.6 Å². The molecule has 4 rings (SSSR count). The van der Waals surface area contributed by atoms with Crippen LogP contribution in [-0.2, 0) is 5.75 Å². The fourth-order valence-corrected chi connectivity index (χ4v) is 5.14. The molecule has 0 fully saturated rings. The number of nitrogens with zero attached hydrogens (tertiary/aromatic N) is 1. The highest BCUT2D eigenvalue weighted by molar-refractivity contribution is 7.98. The highest BCUT2D eigenvalue weighted by Gasteiger charge is 2.15. The monoisotopic (exact) mass is 453 g/mol. The molecule has 0 bridgehead atoms. The molecule has 0 atom stereocenters. The van der Waals surface area contributed by atoms with Gasteiger partial charge < -0.3 is 14.7 Å². The average Bonchev–Trinajstić information content (AvgIpc) is 3.16. The summed E-state index contributed by atoms with van der Waals surface area (Å²) in [6.45, 7) is 6.60. The molecule has 31 heavy (non-hydrogen) atoms. The molecule has 0 unspecified atom stereocenters. The van der Waals surface area contributed by atoms with E-state index in [0.29, 0.717) is 33.5 Å². The lowest BCUT2D eigenvalue weighted by Crippen LogP contribution is -2.10. The van der Waals surface area contributed by atoms with Crippen molar-refractivity contribution < 1.29 is 4.74 Å². The van der Waals surface area contributed by atoms with Crippen LogP contribution in [0.5, 0.6) is 5.75 Å². The van der Waals surface area contributed by atoms with Gasteiger partial charge in [0, 0.05) is 34.7 Å². The summed E-state index contributed by atoms with van der Waals surface area (Å²) in [5.74, 6) is 0.800. The minimum Gasteiger partial charge on any atom is -0.488 e. The maximum Gasteiger partial charge on any atom is 0.260 e. The second kappa shape index (κ2) is 9.11. The number of rotatable bonds is 7. The maximum atomic E-state index is 12.9. The van der Waals surface area contributed by atoms with Crippen molar-refractivity contribution in [1.29, 1.82) is 0 Å². The Hall–Kier alpha value is -2.84. The number of hydrogen-bond acceptors (Lipinski definition) is 6. The molecule has 2 N–H and O–H groups in total. The minimum atomic E-state index is -0.156. The van der Waals surface area contributed by atoms with Gasteiger partial charge in [0.05, 0.1) is 12.0 Å². The molecule has 0 radical (unpaired) electrons. The molecule has 0 amide bonds. The van der Waals surface area contributed by atoms with Crippen LogP contribution >= 0.6 is 23.1 Å². The largest absolute Gasteiger partial charge is 0.488 e. The van der Waals surface area contributed by atoms with Gasteiger partial charge in [-0.05, 0) is 31.4 Å². The zero-order chi connectivity index (χ0) is 22.0. The van der Waals surface area contributed by atoms with Crippen molar-refractivity contribution in [2.75, 3.05) is 6.61 Å². The van der Waals surface area contributed by atoms with Crippen molar-refractivity contribution in [1.82, 2.24) is 15.0 Å². The fourth-order valence-electron chi connectivity index (χ4n) is 3.37. The summed E-state index contributed by atoms with van der Waals surface area (Å²) in [4.78, 5) is 36.3. The molecule has 0 aliphatic carbocycles. The lowest BCUT2D eigenvalue weighted by Gasteiger charge is -2.07. The van der Waals surface area contributed by atoms with E-state index in [1.807, 2.05) is 12.3 Å². The summed E-state index contributed by atoms with van der Waals surface area (Å²) in [5, 5.41) is 3.14. The highest BCUT2D eigenvalue weighted by Crippen LogP contribution is 2.33. The second-order valence-corrected chi connectivity index (χ2v) is 9.17. The zero-order valence-electron chi connectivity index (χ0n) is 17.6. The van der Waals surface area contributed by atoms with Crippen LogP contribution in [0.3, 0.4) is 0 Å². The third-order valence-corrected chi connectivity index (χ3v) is 6.65. The molecule has 0 spiro atoms. The van der Waals surface area contributed by atoms with Crippen LogP contribution in [-0.4, -0.2) is 21.6 Å².